The molecule has 1 saturated carbocycles. The van der Waals surface area contributed by atoms with Crippen molar-refractivity contribution in [3.05, 3.63) is 42.2 Å². The predicted molar refractivity (Wildman–Crippen MR) is 111 cm³/mol. The maximum atomic E-state index is 13.1. The van der Waals surface area contributed by atoms with Crippen LogP contribution in [0.25, 0.3) is 0 Å². The largest absolute Gasteiger partial charge is 0.434 e. The average molecular weight is 457 g/mol. The standard InChI is InChI=1S/C21H27F3N3O3P/c1-3-30-31(2,29)17-9-8-16(25-12-17)11-19(28)18(10-15-6-4-5-7-15)27-13-20(26-14-27)21(22,23)24/h8-9,12-15,18H,3-7,10-11H2,1-2H3/t18-,31?/m0/s1. The van der Waals surface area contributed by atoms with Crippen molar-refractivity contribution in [2.75, 3.05) is 13.3 Å². The molecule has 1 aliphatic carbocycles. The Morgan fingerprint density at radius 1 is 1.29 bits per heavy atom. The molecule has 1 unspecified atom stereocenters. The molecule has 1 aliphatic rings. The summed E-state index contributed by atoms with van der Waals surface area (Å²) in [5, 5.41) is 0.456. The minimum Gasteiger partial charge on any atom is -0.326 e. The number of halogens is 3. The van der Waals surface area contributed by atoms with Crippen LogP contribution >= 0.6 is 7.37 Å². The van der Waals surface area contributed by atoms with Crippen LogP contribution in [0.5, 0.6) is 0 Å². The number of carbonyl (C=O) groups excluding carboxylic acids is 1. The maximum Gasteiger partial charge on any atom is 0.434 e. The molecule has 0 bridgehead atoms. The smallest absolute Gasteiger partial charge is 0.326 e. The molecule has 0 aliphatic heterocycles. The van der Waals surface area contributed by atoms with Crippen molar-refractivity contribution in [1.82, 2.24) is 14.5 Å². The minimum absolute atomic E-state index is 0.0279. The number of hydrogen-bond acceptors (Lipinski definition) is 5. The van der Waals surface area contributed by atoms with E-state index in [0.29, 0.717) is 29.9 Å². The quantitative estimate of drug-likeness (QED) is 0.506. The number of rotatable bonds is 9. The van der Waals surface area contributed by atoms with Crippen molar-refractivity contribution in [2.45, 2.75) is 57.7 Å². The third kappa shape index (κ3) is 6.04. The Kier molecular flexibility index (Phi) is 7.37. The van der Waals surface area contributed by atoms with E-state index in [9.17, 15) is 22.5 Å². The van der Waals surface area contributed by atoms with Gasteiger partial charge in [0.05, 0.1) is 30.7 Å². The van der Waals surface area contributed by atoms with Gasteiger partial charge in [0.1, 0.15) is 0 Å². The van der Waals surface area contributed by atoms with E-state index in [2.05, 4.69) is 9.97 Å². The Morgan fingerprint density at radius 3 is 2.55 bits per heavy atom. The highest BCUT2D eigenvalue weighted by atomic mass is 31.2. The molecular formula is C21H27F3N3O3P. The first kappa shape index (κ1) is 23.7. The van der Waals surface area contributed by atoms with E-state index in [-0.39, 0.29) is 12.2 Å². The third-order valence-electron chi connectivity index (χ3n) is 5.66. The van der Waals surface area contributed by atoms with Gasteiger partial charge in [-0.3, -0.25) is 14.3 Å². The third-order valence-corrected chi connectivity index (χ3v) is 7.62. The Morgan fingerprint density at radius 2 is 2.00 bits per heavy atom. The molecule has 10 heteroatoms. The van der Waals surface area contributed by atoms with Gasteiger partial charge < -0.3 is 9.09 Å². The Bertz CT molecular complexity index is 937. The molecule has 1 fully saturated rings. The van der Waals surface area contributed by atoms with Crippen LogP contribution in [0.2, 0.25) is 0 Å². The summed E-state index contributed by atoms with van der Waals surface area (Å²) in [6, 6.07) is 2.51. The Balaban J connectivity index is 1.78. The van der Waals surface area contributed by atoms with Gasteiger partial charge in [-0.1, -0.05) is 25.7 Å². The summed E-state index contributed by atoms with van der Waals surface area (Å²) in [5.41, 5.74) is -0.536. The molecule has 0 amide bonds. The fraction of sp³-hybridized carbons (Fsp3) is 0.571. The number of Topliss-reactive ketones (excluding diaryl/α,β-unsaturated/α-hetero) is 1. The first-order valence-electron chi connectivity index (χ1n) is 10.4. The molecule has 31 heavy (non-hydrogen) atoms. The van der Waals surface area contributed by atoms with Crippen LogP contribution in [-0.2, 0) is 26.5 Å². The highest BCUT2D eigenvalue weighted by Crippen LogP contribution is 2.40. The number of carbonyl (C=O) groups is 1. The van der Waals surface area contributed by atoms with Crippen molar-refractivity contribution in [3.8, 4) is 0 Å². The zero-order chi connectivity index (χ0) is 22.6. The monoisotopic (exact) mass is 457 g/mol. The lowest BCUT2D eigenvalue weighted by atomic mass is 9.94. The van der Waals surface area contributed by atoms with Gasteiger partial charge in [-0.15, -0.1) is 0 Å². The highest BCUT2D eigenvalue weighted by molar-refractivity contribution is 7.66. The summed E-state index contributed by atoms with van der Waals surface area (Å²) >= 11 is 0. The summed E-state index contributed by atoms with van der Waals surface area (Å²) in [5.74, 6) is 0.0842. The van der Waals surface area contributed by atoms with Crippen molar-refractivity contribution >= 4 is 18.5 Å². The van der Waals surface area contributed by atoms with Gasteiger partial charge in [0.15, 0.2) is 11.5 Å². The van der Waals surface area contributed by atoms with Gasteiger partial charge in [-0.25, -0.2) is 4.98 Å². The minimum atomic E-state index is -4.56. The van der Waals surface area contributed by atoms with Crippen LogP contribution in [0.15, 0.2) is 30.9 Å². The SMILES string of the molecule is CCOP(C)(=O)c1ccc(CC(=O)[C@H](CC2CCCC2)n2cnc(C(F)(F)F)c2)nc1. The summed E-state index contributed by atoms with van der Waals surface area (Å²) in [6.45, 7) is 3.57. The highest BCUT2D eigenvalue weighted by Gasteiger charge is 2.35. The van der Waals surface area contributed by atoms with E-state index >= 15 is 0 Å². The first-order valence-corrected chi connectivity index (χ1v) is 12.5. The zero-order valence-corrected chi connectivity index (χ0v) is 18.5. The molecule has 2 heterocycles. The van der Waals surface area contributed by atoms with Crippen molar-refractivity contribution < 1.29 is 27.1 Å². The van der Waals surface area contributed by atoms with Crippen LogP contribution in [0.4, 0.5) is 13.2 Å². The zero-order valence-electron chi connectivity index (χ0n) is 17.6. The molecule has 2 aromatic heterocycles. The second kappa shape index (κ2) is 9.65. The molecular weight excluding hydrogens is 430 g/mol. The topological polar surface area (TPSA) is 74.1 Å². The summed E-state index contributed by atoms with van der Waals surface area (Å²) in [4.78, 5) is 20.8. The molecule has 3 rings (SSSR count). The van der Waals surface area contributed by atoms with Gasteiger partial charge in [-0.05, 0) is 31.4 Å². The van der Waals surface area contributed by atoms with E-state index in [1.807, 2.05) is 0 Å². The number of pyridine rings is 1. The van der Waals surface area contributed by atoms with E-state index in [4.69, 9.17) is 4.52 Å². The van der Waals surface area contributed by atoms with Gasteiger partial charge in [0, 0.05) is 24.8 Å². The second-order valence-corrected chi connectivity index (χ2v) is 10.5. The summed E-state index contributed by atoms with van der Waals surface area (Å²) < 4.78 is 58.1. The van der Waals surface area contributed by atoms with Crippen LogP contribution in [0, 0.1) is 5.92 Å². The van der Waals surface area contributed by atoms with Crippen LogP contribution in [-0.4, -0.2) is 33.6 Å². The Hall–Kier alpha value is -1.99. The fourth-order valence-electron chi connectivity index (χ4n) is 4.01. The second-order valence-electron chi connectivity index (χ2n) is 8.02. The van der Waals surface area contributed by atoms with Gasteiger partial charge in [0.25, 0.3) is 0 Å². The molecule has 2 aromatic rings. The number of alkyl halides is 3. The van der Waals surface area contributed by atoms with Crippen LogP contribution in [0.1, 0.15) is 56.5 Å². The van der Waals surface area contributed by atoms with Crippen molar-refractivity contribution in [1.29, 1.82) is 0 Å². The lowest BCUT2D eigenvalue weighted by Gasteiger charge is -2.21. The average Bonchev–Trinajstić information content (AvgIpc) is 3.38. The normalized spacial score (nSPS) is 18.1. The first-order chi connectivity index (χ1) is 14.6. The van der Waals surface area contributed by atoms with Crippen LogP contribution < -0.4 is 5.30 Å². The molecule has 0 aromatic carbocycles. The Labute approximate surface area is 179 Å². The van der Waals surface area contributed by atoms with Crippen molar-refractivity contribution in [2.24, 2.45) is 5.92 Å². The lowest BCUT2D eigenvalue weighted by molar-refractivity contribution is -0.141. The van der Waals surface area contributed by atoms with E-state index in [1.165, 1.54) is 17.4 Å². The molecule has 2 atom stereocenters. The number of aromatic nitrogens is 3. The van der Waals surface area contributed by atoms with Gasteiger partial charge >= 0.3 is 6.18 Å². The summed E-state index contributed by atoms with van der Waals surface area (Å²) in [7, 11) is -2.97. The van der Waals surface area contributed by atoms with E-state index in [1.54, 1.807) is 19.1 Å². The molecule has 0 radical (unpaired) electrons. The molecule has 0 saturated heterocycles. The predicted octanol–water partition coefficient (Wildman–Crippen LogP) is 4.80. The summed E-state index contributed by atoms with van der Waals surface area (Å²) in [6.07, 6.45) is 3.42. The van der Waals surface area contributed by atoms with E-state index in [0.717, 1.165) is 38.2 Å². The molecule has 0 N–H and O–H groups in total. The van der Waals surface area contributed by atoms with Gasteiger partial charge in [0.2, 0.25) is 7.37 Å². The number of hydrogen-bond donors (Lipinski definition) is 0. The number of nitrogens with zero attached hydrogens (tertiary/aromatic N) is 3. The molecule has 6 nitrogen and oxygen atoms in total. The molecule has 170 valence electrons. The van der Waals surface area contributed by atoms with E-state index < -0.39 is 25.3 Å². The fourth-order valence-corrected chi connectivity index (χ4v) is 5.27. The van der Waals surface area contributed by atoms with Crippen molar-refractivity contribution in [3.63, 3.8) is 0 Å². The lowest BCUT2D eigenvalue weighted by Crippen LogP contribution is -2.23. The van der Waals surface area contributed by atoms with Gasteiger partial charge in [-0.2, -0.15) is 13.2 Å². The number of imidazole rings is 1. The maximum absolute atomic E-state index is 13.1. The number of ketones is 1. The molecule has 0 spiro atoms. The van der Waals surface area contributed by atoms with Crippen LogP contribution in [0.3, 0.4) is 0 Å².